The summed E-state index contributed by atoms with van der Waals surface area (Å²) in [6, 6.07) is 0. The normalized spacial score (nSPS) is 18.4. The van der Waals surface area contributed by atoms with Crippen LogP contribution < -0.4 is 5.32 Å². The van der Waals surface area contributed by atoms with Gasteiger partial charge in [0.1, 0.15) is 12.1 Å². The second-order valence-electron chi connectivity index (χ2n) is 4.97. The van der Waals surface area contributed by atoms with Crippen molar-refractivity contribution in [3.63, 3.8) is 0 Å². The van der Waals surface area contributed by atoms with E-state index in [0.29, 0.717) is 5.57 Å². The largest absolute Gasteiger partial charge is 0.444 e. The lowest BCUT2D eigenvalue weighted by atomic mass is 10.2. The maximum Gasteiger partial charge on any atom is 0.408 e. The van der Waals surface area contributed by atoms with E-state index in [4.69, 9.17) is 14.2 Å². The van der Waals surface area contributed by atoms with Crippen molar-refractivity contribution in [2.24, 2.45) is 0 Å². The Labute approximate surface area is 110 Å². The van der Waals surface area contributed by atoms with Crippen molar-refractivity contribution in [1.82, 2.24) is 5.32 Å². The van der Waals surface area contributed by atoms with E-state index in [-0.39, 0.29) is 6.54 Å². The highest BCUT2D eigenvalue weighted by molar-refractivity contribution is 5.90. The van der Waals surface area contributed by atoms with E-state index in [9.17, 15) is 14.4 Å². The first-order chi connectivity index (χ1) is 8.67. The minimum Gasteiger partial charge on any atom is -0.444 e. The molecule has 1 atom stereocenters. The van der Waals surface area contributed by atoms with E-state index in [1.54, 1.807) is 27.7 Å². The molecule has 0 radical (unpaired) electrons. The Morgan fingerprint density at radius 2 is 2.05 bits per heavy atom. The van der Waals surface area contributed by atoms with Crippen molar-refractivity contribution in [3.8, 4) is 0 Å². The zero-order valence-electron chi connectivity index (χ0n) is 11.3. The Balaban J connectivity index is 2.29. The van der Waals surface area contributed by atoms with Crippen LogP contribution in [0.15, 0.2) is 11.6 Å². The van der Waals surface area contributed by atoms with Crippen LogP contribution in [0.2, 0.25) is 0 Å². The third kappa shape index (κ3) is 5.41. The zero-order valence-corrected chi connectivity index (χ0v) is 11.3. The van der Waals surface area contributed by atoms with E-state index >= 15 is 0 Å². The summed E-state index contributed by atoms with van der Waals surface area (Å²) in [6.07, 6.45) is -0.367. The predicted octanol–water partition coefficient (Wildman–Crippen LogP) is 0.883. The lowest BCUT2D eigenvalue weighted by Crippen LogP contribution is -2.36. The number of amides is 1. The van der Waals surface area contributed by atoms with Crippen molar-refractivity contribution in [2.45, 2.75) is 39.6 Å². The SMILES string of the molecule is CC1=CC(OC(=O)CNC(=O)OC(C)(C)C)OC1=O. The Morgan fingerprint density at radius 1 is 1.42 bits per heavy atom. The van der Waals surface area contributed by atoms with Gasteiger partial charge in [-0.05, 0) is 27.7 Å². The summed E-state index contributed by atoms with van der Waals surface area (Å²) < 4.78 is 14.5. The number of hydrogen-bond donors (Lipinski definition) is 1. The first-order valence-corrected chi connectivity index (χ1v) is 5.73. The van der Waals surface area contributed by atoms with E-state index in [1.165, 1.54) is 6.08 Å². The van der Waals surface area contributed by atoms with Gasteiger partial charge in [-0.1, -0.05) is 0 Å². The van der Waals surface area contributed by atoms with Crippen molar-refractivity contribution < 1.29 is 28.6 Å². The average Bonchev–Trinajstić information content (AvgIpc) is 2.52. The Bertz CT molecular complexity index is 420. The average molecular weight is 271 g/mol. The third-order valence-corrected chi connectivity index (χ3v) is 1.95. The molecule has 1 unspecified atom stereocenters. The van der Waals surface area contributed by atoms with Crippen LogP contribution in [-0.4, -0.2) is 36.5 Å². The first-order valence-electron chi connectivity index (χ1n) is 5.73. The molecule has 0 aromatic heterocycles. The highest BCUT2D eigenvalue weighted by atomic mass is 16.7. The second kappa shape index (κ2) is 5.73. The number of esters is 2. The molecule has 1 heterocycles. The quantitative estimate of drug-likeness (QED) is 0.766. The number of cyclic esters (lactones) is 1. The Morgan fingerprint density at radius 3 is 2.53 bits per heavy atom. The molecule has 1 amide bonds. The van der Waals surface area contributed by atoms with Gasteiger partial charge in [-0.2, -0.15) is 0 Å². The van der Waals surface area contributed by atoms with Gasteiger partial charge in [0.2, 0.25) is 0 Å². The molecule has 0 fully saturated rings. The van der Waals surface area contributed by atoms with Gasteiger partial charge in [0.25, 0.3) is 6.29 Å². The number of alkyl carbamates (subject to hydrolysis) is 1. The van der Waals surface area contributed by atoms with Crippen molar-refractivity contribution in [3.05, 3.63) is 11.6 Å². The fraction of sp³-hybridized carbons (Fsp3) is 0.583. The topological polar surface area (TPSA) is 90.9 Å². The van der Waals surface area contributed by atoms with Gasteiger partial charge in [-0.15, -0.1) is 0 Å². The minimum atomic E-state index is -1.03. The summed E-state index contributed by atoms with van der Waals surface area (Å²) in [5.41, 5.74) is -0.271. The number of hydrogen-bond acceptors (Lipinski definition) is 6. The molecule has 0 saturated heterocycles. The molecule has 0 aliphatic carbocycles. The van der Waals surface area contributed by atoms with Gasteiger partial charge in [0, 0.05) is 11.6 Å². The summed E-state index contributed by atoms with van der Waals surface area (Å²) >= 11 is 0. The monoisotopic (exact) mass is 271 g/mol. The van der Waals surface area contributed by atoms with Crippen molar-refractivity contribution in [2.75, 3.05) is 6.54 Å². The summed E-state index contributed by atoms with van der Waals surface area (Å²) in [4.78, 5) is 33.7. The van der Waals surface area contributed by atoms with Crippen molar-refractivity contribution in [1.29, 1.82) is 0 Å². The van der Waals surface area contributed by atoms with E-state index in [0.717, 1.165) is 0 Å². The van der Waals surface area contributed by atoms with Crippen LogP contribution in [0.4, 0.5) is 4.79 Å². The molecule has 19 heavy (non-hydrogen) atoms. The maximum atomic E-state index is 11.4. The lowest BCUT2D eigenvalue weighted by molar-refractivity contribution is -0.172. The molecule has 1 aliphatic heterocycles. The lowest BCUT2D eigenvalue weighted by Gasteiger charge is -2.19. The molecular weight excluding hydrogens is 254 g/mol. The molecule has 0 aromatic carbocycles. The summed E-state index contributed by atoms with van der Waals surface area (Å²) in [6.45, 7) is 6.30. The van der Waals surface area contributed by atoms with Crippen LogP contribution >= 0.6 is 0 Å². The number of nitrogens with one attached hydrogen (secondary N) is 1. The molecule has 0 bridgehead atoms. The van der Waals surface area contributed by atoms with Crippen LogP contribution in [0.25, 0.3) is 0 Å². The van der Waals surface area contributed by atoms with Gasteiger partial charge >= 0.3 is 18.0 Å². The third-order valence-electron chi connectivity index (χ3n) is 1.95. The van der Waals surface area contributed by atoms with Gasteiger partial charge in [0.15, 0.2) is 0 Å². The Hall–Kier alpha value is -2.05. The van der Waals surface area contributed by atoms with E-state index in [2.05, 4.69) is 5.32 Å². The van der Waals surface area contributed by atoms with Gasteiger partial charge in [-0.3, -0.25) is 4.79 Å². The predicted molar refractivity (Wildman–Crippen MR) is 64.0 cm³/mol. The molecule has 0 saturated carbocycles. The molecular formula is C12H17NO6. The van der Waals surface area contributed by atoms with Gasteiger partial charge in [-0.25, -0.2) is 9.59 Å². The number of ether oxygens (including phenoxy) is 3. The highest BCUT2D eigenvalue weighted by Gasteiger charge is 2.25. The second-order valence-corrected chi connectivity index (χ2v) is 4.97. The van der Waals surface area contributed by atoms with Crippen LogP contribution in [0.5, 0.6) is 0 Å². The zero-order chi connectivity index (χ0) is 14.6. The maximum absolute atomic E-state index is 11.4. The molecule has 7 heteroatoms. The summed E-state index contributed by atoms with van der Waals surface area (Å²) in [5, 5.41) is 2.24. The van der Waals surface area contributed by atoms with E-state index < -0.39 is 29.9 Å². The molecule has 7 nitrogen and oxygen atoms in total. The standard InChI is InChI=1S/C12H17NO6/c1-7-5-9(18-10(7)15)17-8(14)6-13-11(16)19-12(2,3)4/h5,9H,6H2,1-4H3,(H,13,16). The van der Waals surface area contributed by atoms with Crippen molar-refractivity contribution >= 4 is 18.0 Å². The molecule has 106 valence electrons. The fourth-order valence-electron chi connectivity index (χ4n) is 1.19. The number of carbonyl (C=O) groups excluding carboxylic acids is 3. The van der Waals surface area contributed by atoms with Crippen LogP contribution in [0.3, 0.4) is 0 Å². The smallest absolute Gasteiger partial charge is 0.408 e. The number of rotatable bonds is 3. The first kappa shape index (κ1) is 15.0. The van der Waals surface area contributed by atoms with Crippen LogP contribution in [-0.2, 0) is 23.8 Å². The highest BCUT2D eigenvalue weighted by Crippen LogP contribution is 2.13. The molecule has 0 spiro atoms. The van der Waals surface area contributed by atoms with Gasteiger partial charge < -0.3 is 19.5 Å². The molecule has 1 N–H and O–H groups in total. The summed E-state index contributed by atoms with van der Waals surface area (Å²) in [5.74, 6) is -1.26. The molecule has 0 aromatic rings. The minimum absolute atomic E-state index is 0.365. The Kier molecular flexibility index (Phi) is 4.52. The molecule has 1 aliphatic rings. The number of carbonyl (C=O) groups is 3. The van der Waals surface area contributed by atoms with E-state index in [1.807, 2.05) is 0 Å². The van der Waals surface area contributed by atoms with Gasteiger partial charge in [0.05, 0.1) is 0 Å². The molecule has 1 rings (SSSR count). The van der Waals surface area contributed by atoms with Crippen LogP contribution in [0, 0.1) is 0 Å². The fourth-order valence-corrected chi connectivity index (χ4v) is 1.19. The summed E-state index contributed by atoms with van der Waals surface area (Å²) in [7, 11) is 0. The van der Waals surface area contributed by atoms with Crippen LogP contribution in [0.1, 0.15) is 27.7 Å².